The van der Waals surface area contributed by atoms with E-state index in [1.807, 2.05) is 0 Å². The third kappa shape index (κ3) is 1.43. The zero-order valence-corrected chi connectivity index (χ0v) is 8.95. The van der Waals surface area contributed by atoms with Crippen LogP contribution in [-0.4, -0.2) is 21.3 Å². The maximum atomic E-state index is 10.9. The minimum atomic E-state index is -1.16. The molecule has 2 N–H and O–H groups in total. The van der Waals surface area contributed by atoms with Gasteiger partial charge in [-0.3, -0.25) is 0 Å². The van der Waals surface area contributed by atoms with E-state index in [1.165, 1.54) is 12.1 Å². The molecule has 3 aromatic rings. The van der Waals surface area contributed by atoms with Crippen LogP contribution in [0.4, 0.5) is 0 Å². The number of aromatic carboxylic acids is 1. The summed E-state index contributed by atoms with van der Waals surface area (Å²) in [4.78, 5) is 10.9. The quantitative estimate of drug-likeness (QED) is 0.719. The summed E-state index contributed by atoms with van der Waals surface area (Å²) in [6.07, 6.45) is 1.10. The number of hydrogen-bond donors (Lipinski definition) is 2. The first-order valence-electron chi connectivity index (χ1n) is 5.06. The number of benzene rings is 1. The normalized spacial score (nSPS) is 10.9. The van der Waals surface area contributed by atoms with Gasteiger partial charge in [0.25, 0.3) is 0 Å². The number of fused-ring (bicyclic) bond motifs is 1. The Bertz CT molecular complexity index is 740. The van der Waals surface area contributed by atoms with Crippen molar-refractivity contribution in [3.05, 3.63) is 36.0 Å². The maximum Gasteiger partial charge on any atom is 0.341 e. The van der Waals surface area contributed by atoms with Crippen molar-refractivity contribution >= 4 is 16.9 Å². The zero-order chi connectivity index (χ0) is 12.7. The lowest BCUT2D eigenvalue weighted by Crippen LogP contribution is -1.95. The lowest BCUT2D eigenvalue weighted by atomic mass is 10.2. The molecule has 0 atom stereocenters. The van der Waals surface area contributed by atoms with Crippen molar-refractivity contribution in [2.75, 3.05) is 0 Å². The molecule has 0 amide bonds. The topological polar surface area (TPSA) is 96.7 Å². The van der Waals surface area contributed by atoms with Crippen molar-refractivity contribution in [2.24, 2.45) is 0 Å². The largest absolute Gasteiger partial charge is 0.507 e. The number of carboxylic acid groups (broad SMARTS) is 1. The number of carboxylic acids is 1. The second kappa shape index (κ2) is 3.63. The number of aromatic nitrogens is 1. The van der Waals surface area contributed by atoms with Crippen LogP contribution >= 0.6 is 0 Å². The van der Waals surface area contributed by atoms with Crippen LogP contribution in [0.5, 0.6) is 5.75 Å². The molecule has 0 unspecified atom stereocenters. The van der Waals surface area contributed by atoms with E-state index in [0.717, 1.165) is 6.20 Å². The zero-order valence-electron chi connectivity index (χ0n) is 8.95. The minimum Gasteiger partial charge on any atom is -0.507 e. The monoisotopic (exact) mass is 245 g/mol. The molecular weight excluding hydrogens is 238 g/mol. The summed E-state index contributed by atoms with van der Waals surface area (Å²) < 4.78 is 10.3. The molecule has 0 saturated carbocycles. The van der Waals surface area contributed by atoms with E-state index in [1.54, 1.807) is 12.1 Å². The molecule has 1 aromatic carbocycles. The Labute approximate surface area is 100 Å². The van der Waals surface area contributed by atoms with Gasteiger partial charge in [0.15, 0.2) is 5.76 Å². The minimum absolute atomic E-state index is 0.0260. The number of carbonyl (C=O) groups is 1. The molecule has 0 radical (unpaired) electrons. The second-order valence-electron chi connectivity index (χ2n) is 3.67. The first-order chi connectivity index (χ1) is 8.66. The van der Waals surface area contributed by atoms with Crippen LogP contribution in [0.15, 0.2) is 39.4 Å². The van der Waals surface area contributed by atoms with E-state index in [2.05, 4.69) is 5.16 Å². The molecule has 6 nitrogen and oxygen atoms in total. The maximum absolute atomic E-state index is 10.9. The molecule has 0 aliphatic rings. The lowest BCUT2D eigenvalue weighted by molar-refractivity contribution is 0.0697. The Morgan fingerprint density at radius 3 is 2.89 bits per heavy atom. The fraction of sp³-hybridized carbons (Fsp3) is 0. The first-order valence-corrected chi connectivity index (χ1v) is 5.06. The second-order valence-corrected chi connectivity index (χ2v) is 3.67. The molecule has 2 aromatic heterocycles. The Morgan fingerprint density at radius 1 is 1.33 bits per heavy atom. The molecule has 0 spiro atoms. The van der Waals surface area contributed by atoms with E-state index >= 15 is 0 Å². The van der Waals surface area contributed by atoms with Crippen LogP contribution in [0.2, 0.25) is 0 Å². The summed E-state index contributed by atoms with van der Waals surface area (Å²) in [5.41, 5.74) is 0.353. The van der Waals surface area contributed by atoms with Gasteiger partial charge in [-0.1, -0.05) is 11.2 Å². The molecule has 0 saturated heterocycles. The van der Waals surface area contributed by atoms with Crippen LogP contribution in [0.25, 0.3) is 22.5 Å². The molecule has 0 aliphatic heterocycles. The summed E-state index contributed by atoms with van der Waals surface area (Å²) in [5, 5.41) is 22.5. The van der Waals surface area contributed by atoms with Crippen molar-refractivity contribution in [1.82, 2.24) is 5.16 Å². The molecule has 6 heteroatoms. The highest BCUT2D eigenvalue weighted by Gasteiger charge is 2.20. The van der Waals surface area contributed by atoms with Crippen LogP contribution < -0.4 is 0 Å². The van der Waals surface area contributed by atoms with Gasteiger partial charge in [0.1, 0.15) is 16.9 Å². The van der Waals surface area contributed by atoms with Crippen molar-refractivity contribution in [3.8, 4) is 17.3 Å². The number of aromatic hydroxyl groups is 1. The fourth-order valence-corrected chi connectivity index (χ4v) is 1.73. The van der Waals surface area contributed by atoms with Gasteiger partial charge in [-0.2, -0.15) is 0 Å². The number of phenolic OH excluding ortho intramolecular Hbond substituents is 1. The molecule has 0 aliphatic carbocycles. The standard InChI is InChI=1S/C12H7NO5/c14-8-2-1-3-9-6(8)4-10(17-9)11-7(12(15)16)5-13-18-11/h1-5,14H,(H,15,16). The van der Waals surface area contributed by atoms with Crippen molar-refractivity contribution in [2.45, 2.75) is 0 Å². The average Bonchev–Trinajstić information content (AvgIpc) is 2.95. The average molecular weight is 245 g/mol. The highest BCUT2D eigenvalue weighted by molar-refractivity contribution is 5.95. The summed E-state index contributed by atoms with van der Waals surface area (Å²) in [5.74, 6) is -0.866. The molecule has 0 fully saturated rings. The molecule has 18 heavy (non-hydrogen) atoms. The molecule has 0 bridgehead atoms. The third-order valence-corrected chi connectivity index (χ3v) is 2.56. The van der Waals surface area contributed by atoms with Gasteiger partial charge in [0.2, 0.25) is 5.76 Å². The van der Waals surface area contributed by atoms with Crippen molar-refractivity contribution in [3.63, 3.8) is 0 Å². The van der Waals surface area contributed by atoms with E-state index in [4.69, 9.17) is 14.0 Å². The number of hydrogen-bond acceptors (Lipinski definition) is 5. The van der Waals surface area contributed by atoms with Gasteiger partial charge in [-0.15, -0.1) is 0 Å². The van der Waals surface area contributed by atoms with Gasteiger partial charge < -0.3 is 19.2 Å². The predicted octanol–water partition coefficient (Wildman–Crippen LogP) is 2.49. The molecule has 90 valence electrons. The van der Waals surface area contributed by atoms with Gasteiger partial charge in [-0.25, -0.2) is 4.79 Å². The van der Waals surface area contributed by atoms with E-state index in [9.17, 15) is 9.90 Å². The lowest BCUT2D eigenvalue weighted by Gasteiger charge is -1.90. The van der Waals surface area contributed by atoms with Crippen LogP contribution in [0.1, 0.15) is 10.4 Å². The van der Waals surface area contributed by atoms with Gasteiger partial charge in [0, 0.05) is 0 Å². The van der Waals surface area contributed by atoms with Crippen molar-refractivity contribution in [1.29, 1.82) is 0 Å². The highest BCUT2D eigenvalue weighted by Crippen LogP contribution is 2.33. The predicted molar refractivity (Wildman–Crippen MR) is 60.3 cm³/mol. The summed E-state index contributed by atoms with van der Waals surface area (Å²) in [6.45, 7) is 0. The molecule has 2 heterocycles. The molecular formula is C12H7NO5. The van der Waals surface area contributed by atoms with Crippen LogP contribution in [0, 0.1) is 0 Å². The van der Waals surface area contributed by atoms with E-state index in [0.29, 0.717) is 11.0 Å². The van der Waals surface area contributed by atoms with Crippen molar-refractivity contribution < 1.29 is 23.9 Å². The number of nitrogens with zero attached hydrogens (tertiary/aromatic N) is 1. The number of furan rings is 1. The molecule has 3 rings (SSSR count). The number of phenols is 1. The Morgan fingerprint density at radius 2 is 2.17 bits per heavy atom. The SMILES string of the molecule is O=C(O)c1cnoc1-c1cc2c(O)cccc2o1. The highest BCUT2D eigenvalue weighted by atomic mass is 16.5. The summed E-state index contributed by atoms with van der Waals surface area (Å²) >= 11 is 0. The van der Waals surface area contributed by atoms with E-state index < -0.39 is 5.97 Å². The fourth-order valence-electron chi connectivity index (χ4n) is 1.73. The van der Waals surface area contributed by atoms with Gasteiger partial charge in [-0.05, 0) is 18.2 Å². The van der Waals surface area contributed by atoms with Crippen LogP contribution in [-0.2, 0) is 0 Å². The first kappa shape index (κ1) is 10.4. The smallest absolute Gasteiger partial charge is 0.341 e. The Balaban J connectivity index is 2.23. The Hall–Kier alpha value is -2.76. The van der Waals surface area contributed by atoms with Gasteiger partial charge >= 0.3 is 5.97 Å². The Kier molecular flexibility index (Phi) is 2.09. The summed E-state index contributed by atoms with van der Waals surface area (Å²) in [7, 11) is 0. The van der Waals surface area contributed by atoms with Crippen LogP contribution in [0.3, 0.4) is 0 Å². The third-order valence-electron chi connectivity index (χ3n) is 2.56. The summed E-state index contributed by atoms with van der Waals surface area (Å²) in [6, 6.07) is 6.32. The number of rotatable bonds is 2. The van der Waals surface area contributed by atoms with E-state index in [-0.39, 0.29) is 22.8 Å². The van der Waals surface area contributed by atoms with Gasteiger partial charge in [0.05, 0.1) is 11.6 Å².